The van der Waals surface area contributed by atoms with Crippen molar-refractivity contribution in [2.24, 2.45) is 0 Å². The molecule has 0 atom stereocenters. The van der Waals surface area contributed by atoms with Crippen molar-refractivity contribution in [1.29, 1.82) is 0 Å². The lowest BCUT2D eigenvalue weighted by Crippen LogP contribution is -2.47. The highest BCUT2D eigenvalue weighted by Gasteiger charge is 2.55. The van der Waals surface area contributed by atoms with Gasteiger partial charge in [0.1, 0.15) is 0 Å². The SMILES string of the molecule is ClCCl.O=P12c3c4cccc3N(c3ccccc3)c3cccc(c31)N(c1ccccc1)c1cccc(c12)N4c1ccccc1.S=P12c3c4cccc3N(c3ccccc3)c3cccc(c31)N(c1ccccc1)c1cccc(c12)N4c1ccccc1. The molecule has 0 amide bonds. The summed E-state index contributed by atoms with van der Waals surface area (Å²) in [6, 6.07) is 100. The third-order valence-corrected chi connectivity index (χ3v) is 25.0. The standard InChI is InChI=1S/C36H24N3OP.C36H24N3PS.CH2Cl2/c40-41-34-28-19-10-21-30(34)38(26-15-6-2-7-16-26)32-23-12-24-33(36(32)41)39(27-17-8-3-9-18-27)31-22-11-20-29(35(31)41)37(28)25-13-4-1-5-14-25;41-40-34-28-19-10-21-30(34)38(26-15-6-2-7-16-26)32-23-12-24-33(36(32)40)39(27-17-8-3-9-18-27)31-22-11-20-29(35(31)40)37(28)25-13-4-1-5-14-25;2-1-3/h2*1-24H;1H2. The lowest BCUT2D eigenvalue weighted by Gasteiger charge is -2.51. The van der Waals surface area contributed by atoms with E-state index >= 15 is 4.57 Å². The van der Waals surface area contributed by atoms with Gasteiger partial charge < -0.3 is 34.0 Å². The predicted molar refractivity (Wildman–Crippen MR) is 364 cm³/mol. The van der Waals surface area contributed by atoms with Crippen molar-refractivity contribution in [1.82, 2.24) is 0 Å². The van der Waals surface area contributed by atoms with Gasteiger partial charge in [-0.2, -0.15) is 0 Å². The minimum absolute atomic E-state index is 0.194. The van der Waals surface area contributed by atoms with Crippen molar-refractivity contribution in [3.05, 3.63) is 291 Å². The molecule has 408 valence electrons. The summed E-state index contributed by atoms with van der Waals surface area (Å²) in [5, 5.41) is 6.72. The highest BCUT2D eigenvalue weighted by atomic mass is 35.5. The number of alkyl halides is 2. The summed E-state index contributed by atoms with van der Waals surface area (Å²) in [5.74, 6) is 0. The zero-order chi connectivity index (χ0) is 57.0. The molecule has 0 bridgehead atoms. The molecule has 0 aromatic heterocycles. The molecule has 0 aliphatic carbocycles. The molecule has 12 heteroatoms. The molecule has 12 aromatic rings. The molecular weight excluding hydrogens is 1140 g/mol. The number of benzene rings is 12. The number of halogens is 2. The lowest BCUT2D eigenvalue weighted by atomic mass is 10.1. The first kappa shape index (κ1) is 51.5. The van der Waals surface area contributed by atoms with Crippen LogP contribution in [-0.4, -0.2) is 5.34 Å². The molecule has 6 heterocycles. The van der Waals surface area contributed by atoms with Gasteiger partial charge in [-0.15, -0.1) is 23.2 Å². The molecule has 6 aliphatic rings. The molecule has 85 heavy (non-hydrogen) atoms. The first-order chi connectivity index (χ1) is 41.9. The molecule has 0 spiro atoms. The average Bonchev–Trinajstić information content (AvgIpc) is 0.739. The van der Waals surface area contributed by atoms with Crippen LogP contribution in [0.4, 0.5) is 102 Å². The van der Waals surface area contributed by atoms with Gasteiger partial charge in [0.2, 0.25) is 0 Å². The Morgan fingerprint density at radius 3 is 0.529 bits per heavy atom. The highest BCUT2D eigenvalue weighted by molar-refractivity contribution is 8.26. The fourth-order valence-corrected chi connectivity index (χ4v) is 22.8. The minimum atomic E-state index is -3.28. The van der Waals surface area contributed by atoms with E-state index in [1.807, 2.05) is 18.2 Å². The van der Waals surface area contributed by atoms with Crippen molar-refractivity contribution < 1.29 is 4.57 Å². The topological polar surface area (TPSA) is 36.5 Å². The number of rotatable bonds is 6. The summed E-state index contributed by atoms with van der Waals surface area (Å²) in [4.78, 5) is 14.1. The molecule has 18 rings (SSSR count). The molecule has 0 fully saturated rings. The Bertz CT molecular complexity index is 3820. The van der Waals surface area contributed by atoms with Crippen LogP contribution in [0.15, 0.2) is 291 Å². The van der Waals surface area contributed by atoms with Crippen molar-refractivity contribution in [2.75, 3.05) is 34.7 Å². The predicted octanol–water partition coefficient (Wildman–Crippen LogP) is 18.9. The molecule has 0 unspecified atom stereocenters. The van der Waals surface area contributed by atoms with Gasteiger partial charge in [0.25, 0.3) is 0 Å². The minimum Gasteiger partial charge on any atom is -0.309 e. The second-order valence-corrected chi connectivity index (χ2v) is 28.8. The van der Waals surface area contributed by atoms with E-state index in [1.165, 1.54) is 50.0 Å². The van der Waals surface area contributed by atoms with Gasteiger partial charge in [-0.05, 0) is 146 Å². The Labute approximate surface area is 509 Å². The van der Waals surface area contributed by atoms with Crippen LogP contribution in [0, 0.1) is 0 Å². The van der Waals surface area contributed by atoms with E-state index in [4.69, 9.17) is 35.0 Å². The fourth-order valence-electron chi connectivity index (χ4n) is 13.8. The van der Waals surface area contributed by atoms with Crippen LogP contribution in [0.3, 0.4) is 0 Å². The third kappa shape index (κ3) is 7.47. The summed E-state index contributed by atoms with van der Waals surface area (Å²) < 4.78 is 16.3. The van der Waals surface area contributed by atoms with Gasteiger partial charge in [0.05, 0.1) is 95.5 Å². The van der Waals surface area contributed by atoms with E-state index in [2.05, 4.69) is 302 Å². The Balaban J connectivity index is 0.000000132. The maximum absolute atomic E-state index is 16.3. The molecular formula is C73H50Cl2N6OP2S. The largest absolute Gasteiger partial charge is 0.309 e. The molecule has 7 nitrogen and oxygen atoms in total. The first-order valence-corrected chi connectivity index (χ1v) is 33.8. The second-order valence-electron chi connectivity index (χ2n) is 21.2. The van der Waals surface area contributed by atoms with E-state index in [0.29, 0.717) is 0 Å². The van der Waals surface area contributed by atoms with Gasteiger partial charge in [-0.1, -0.05) is 157 Å². The summed E-state index contributed by atoms with van der Waals surface area (Å²) in [6.45, 7) is 0. The smallest absolute Gasteiger partial charge is 0.183 e. The van der Waals surface area contributed by atoms with Crippen LogP contribution in [0.5, 0.6) is 0 Å². The normalized spacial score (nSPS) is 14.7. The van der Waals surface area contributed by atoms with E-state index in [1.54, 1.807) is 0 Å². The van der Waals surface area contributed by atoms with Crippen LogP contribution >= 0.6 is 36.4 Å². The Morgan fingerprint density at radius 1 is 0.235 bits per heavy atom. The number of para-hydroxylation sites is 6. The van der Waals surface area contributed by atoms with E-state index in [-0.39, 0.29) is 5.34 Å². The maximum atomic E-state index is 16.3. The van der Waals surface area contributed by atoms with Gasteiger partial charge in [0, 0.05) is 50.0 Å². The molecule has 12 aromatic carbocycles. The van der Waals surface area contributed by atoms with Crippen LogP contribution < -0.4 is 61.2 Å². The van der Waals surface area contributed by atoms with Crippen molar-refractivity contribution in [2.45, 2.75) is 0 Å². The third-order valence-electron chi connectivity index (χ3n) is 16.8. The molecule has 0 saturated carbocycles. The number of anilines is 18. The van der Waals surface area contributed by atoms with E-state index < -0.39 is 13.2 Å². The second kappa shape index (κ2) is 20.3. The number of hydrogen-bond acceptors (Lipinski definition) is 8. The van der Waals surface area contributed by atoms with Gasteiger partial charge in [-0.3, -0.25) is 0 Å². The van der Waals surface area contributed by atoms with Crippen LogP contribution in [0.25, 0.3) is 0 Å². The summed E-state index contributed by atoms with van der Waals surface area (Å²) in [7, 11) is -3.28. The van der Waals surface area contributed by atoms with Crippen molar-refractivity contribution >= 4 is 182 Å². The molecule has 0 N–H and O–H groups in total. The Morgan fingerprint density at radius 2 is 0.376 bits per heavy atom. The summed E-state index contributed by atoms with van der Waals surface area (Å²) >= 11 is 16.7. The Hall–Kier alpha value is -9.10. The quantitative estimate of drug-likeness (QED) is 0.120. The molecule has 0 radical (unpaired) electrons. The van der Waals surface area contributed by atoms with Crippen LogP contribution in [-0.2, 0) is 16.4 Å². The highest BCUT2D eigenvalue weighted by Crippen LogP contribution is 2.69. The van der Waals surface area contributed by atoms with Crippen LogP contribution in [0.2, 0.25) is 0 Å². The summed E-state index contributed by atoms with van der Waals surface area (Å²) in [6.07, 6.45) is 0. The van der Waals surface area contributed by atoms with E-state index in [0.717, 1.165) is 84.2 Å². The van der Waals surface area contributed by atoms with Gasteiger partial charge in [-0.25, -0.2) is 0 Å². The van der Waals surface area contributed by atoms with Gasteiger partial charge >= 0.3 is 0 Å². The monoisotopic (exact) mass is 1190 g/mol. The maximum Gasteiger partial charge on any atom is 0.183 e. The van der Waals surface area contributed by atoms with Gasteiger partial charge in [0.15, 0.2) is 7.14 Å². The number of hydrogen-bond donors (Lipinski definition) is 0. The molecule has 0 saturated heterocycles. The lowest BCUT2D eigenvalue weighted by molar-refractivity contribution is 0.592. The van der Waals surface area contributed by atoms with Crippen LogP contribution in [0.1, 0.15) is 0 Å². The zero-order valence-electron chi connectivity index (χ0n) is 45.6. The van der Waals surface area contributed by atoms with Crippen molar-refractivity contribution in [3.63, 3.8) is 0 Å². The Kier molecular flexibility index (Phi) is 12.3. The number of nitrogens with zero attached hydrogens (tertiary/aromatic N) is 6. The average molecular weight is 1190 g/mol. The first-order valence-electron chi connectivity index (χ1n) is 28.2. The van der Waals surface area contributed by atoms with Crippen molar-refractivity contribution in [3.8, 4) is 0 Å². The fraction of sp³-hybridized carbons (Fsp3) is 0.0137. The zero-order valence-corrected chi connectivity index (χ0v) is 49.7. The molecule has 6 aliphatic heterocycles. The summed E-state index contributed by atoms with van der Waals surface area (Å²) in [5.41, 5.74) is 19.4. The van der Waals surface area contributed by atoms with E-state index in [9.17, 15) is 0 Å².